The third kappa shape index (κ3) is 2.46. The second kappa shape index (κ2) is 4.45. The maximum absolute atomic E-state index is 11.3. The van der Waals surface area contributed by atoms with Gasteiger partial charge in [0.1, 0.15) is 17.9 Å². The van der Waals surface area contributed by atoms with Crippen LogP contribution in [0, 0.1) is 0 Å². The minimum atomic E-state index is -0.583. The highest BCUT2D eigenvalue weighted by molar-refractivity contribution is 5.94. The molecule has 0 aliphatic rings. The van der Waals surface area contributed by atoms with Crippen LogP contribution < -0.4 is 11.5 Å². The molecule has 15 heavy (non-hydrogen) atoms. The fraction of sp³-hybridized carbons (Fsp3) is 0.375. The molecule has 1 aromatic rings. The van der Waals surface area contributed by atoms with Crippen LogP contribution >= 0.6 is 0 Å². The van der Waals surface area contributed by atoms with E-state index in [0.717, 1.165) is 4.68 Å². The van der Waals surface area contributed by atoms with Crippen molar-refractivity contribution in [1.29, 1.82) is 0 Å². The van der Waals surface area contributed by atoms with Crippen molar-refractivity contribution in [3.63, 3.8) is 0 Å². The number of amides is 1. The monoisotopic (exact) mass is 212 g/mol. The van der Waals surface area contributed by atoms with Gasteiger partial charge in [0, 0.05) is 0 Å². The van der Waals surface area contributed by atoms with Crippen molar-refractivity contribution in [2.24, 2.45) is 5.73 Å². The number of esters is 1. The predicted molar refractivity (Wildman–Crippen MR) is 51.8 cm³/mol. The van der Waals surface area contributed by atoms with E-state index in [1.165, 1.54) is 6.20 Å². The summed E-state index contributed by atoms with van der Waals surface area (Å²) >= 11 is 0. The minimum absolute atomic E-state index is 0.0762. The van der Waals surface area contributed by atoms with Gasteiger partial charge < -0.3 is 16.2 Å². The molecule has 0 bridgehead atoms. The molecule has 7 heteroatoms. The van der Waals surface area contributed by atoms with Gasteiger partial charge in [0.25, 0.3) is 0 Å². The predicted octanol–water partition coefficient (Wildman–Crippen LogP) is -0.873. The van der Waals surface area contributed by atoms with Crippen molar-refractivity contribution in [2.45, 2.75) is 13.5 Å². The van der Waals surface area contributed by atoms with Crippen molar-refractivity contribution < 1.29 is 14.3 Å². The first-order valence-corrected chi connectivity index (χ1v) is 4.33. The summed E-state index contributed by atoms with van der Waals surface area (Å²) in [5.74, 6) is -1.07. The number of primary amides is 1. The fourth-order valence-electron chi connectivity index (χ4n) is 1.03. The van der Waals surface area contributed by atoms with Crippen molar-refractivity contribution >= 4 is 17.7 Å². The molecule has 0 aliphatic carbocycles. The first-order chi connectivity index (χ1) is 7.06. The molecule has 0 saturated carbocycles. The van der Waals surface area contributed by atoms with Gasteiger partial charge in [-0.05, 0) is 6.92 Å². The summed E-state index contributed by atoms with van der Waals surface area (Å²) in [5, 5.41) is 3.75. The van der Waals surface area contributed by atoms with Gasteiger partial charge in [0.2, 0.25) is 5.91 Å². The fourth-order valence-corrected chi connectivity index (χ4v) is 1.03. The van der Waals surface area contributed by atoms with Crippen LogP contribution in [0.3, 0.4) is 0 Å². The van der Waals surface area contributed by atoms with Gasteiger partial charge >= 0.3 is 5.97 Å². The van der Waals surface area contributed by atoms with Crippen LogP contribution in [0.1, 0.15) is 17.3 Å². The maximum Gasteiger partial charge on any atom is 0.343 e. The van der Waals surface area contributed by atoms with E-state index >= 15 is 0 Å². The number of aromatic nitrogens is 2. The first-order valence-electron chi connectivity index (χ1n) is 4.33. The molecule has 0 radical (unpaired) electrons. The molecule has 1 amide bonds. The van der Waals surface area contributed by atoms with Crippen molar-refractivity contribution in [3.05, 3.63) is 11.8 Å². The van der Waals surface area contributed by atoms with Crippen LogP contribution in [0.5, 0.6) is 0 Å². The zero-order valence-corrected chi connectivity index (χ0v) is 8.27. The van der Waals surface area contributed by atoms with Crippen LogP contribution in [0.2, 0.25) is 0 Å². The summed E-state index contributed by atoms with van der Waals surface area (Å²) in [7, 11) is 0. The Hall–Kier alpha value is -2.05. The van der Waals surface area contributed by atoms with Crippen LogP contribution in [0.15, 0.2) is 6.20 Å². The number of carbonyl (C=O) groups excluding carboxylic acids is 2. The van der Waals surface area contributed by atoms with Gasteiger partial charge in [-0.3, -0.25) is 4.79 Å². The van der Waals surface area contributed by atoms with Crippen molar-refractivity contribution in [3.8, 4) is 0 Å². The maximum atomic E-state index is 11.3. The Morgan fingerprint density at radius 1 is 1.60 bits per heavy atom. The number of rotatable bonds is 4. The zero-order chi connectivity index (χ0) is 11.4. The minimum Gasteiger partial charge on any atom is -0.462 e. The molecule has 4 N–H and O–H groups in total. The Balaban J connectivity index is 2.88. The highest BCUT2D eigenvalue weighted by atomic mass is 16.5. The molecule has 1 heterocycles. The lowest BCUT2D eigenvalue weighted by Crippen LogP contribution is -2.21. The Labute approximate surface area is 86.0 Å². The molecule has 0 saturated heterocycles. The standard InChI is InChI=1S/C8H12N4O3/c1-2-15-8(14)5-3-11-12(7(5)10)4-6(9)13/h3H,2,4,10H2,1H3,(H2,9,13). The lowest BCUT2D eigenvalue weighted by molar-refractivity contribution is -0.118. The molecule has 0 fully saturated rings. The molecular formula is C8H12N4O3. The van der Waals surface area contributed by atoms with E-state index in [2.05, 4.69) is 5.10 Å². The number of carbonyl (C=O) groups is 2. The average molecular weight is 212 g/mol. The van der Waals surface area contributed by atoms with E-state index in [-0.39, 0.29) is 24.5 Å². The number of nitrogen functional groups attached to an aromatic ring is 1. The normalized spacial score (nSPS) is 9.93. The second-order valence-electron chi connectivity index (χ2n) is 2.79. The number of hydrogen-bond donors (Lipinski definition) is 2. The van der Waals surface area contributed by atoms with E-state index in [9.17, 15) is 9.59 Å². The SMILES string of the molecule is CCOC(=O)c1cnn(CC(N)=O)c1N. The van der Waals surface area contributed by atoms with Gasteiger partial charge in [0.05, 0.1) is 12.8 Å². The number of nitrogens with two attached hydrogens (primary N) is 2. The summed E-state index contributed by atoms with van der Waals surface area (Å²) in [6.07, 6.45) is 1.25. The van der Waals surface area contributed by atoms with E-state index in [1.54, 1.807) is 6.92 Å². The van der Waals surface area contributed by atoms with E-state index in [0.29, 0.717) is 0 Å². The molecule has 7 nitrogen and oxygen atoms in total. The quantitative estimate of drug-likeness (QED) is 0.629. The second-order valence-corrected chi connectivity index (χ2v) is 2.79. The Morgan fingerprint density at radius 3 is 2.80 bits per heavy atom. The number of nitrogens with zero attached hydrogens (tertiary/aromatic N) is 2. The Morgan fingerprint density at radius 2 is 2.27 bits per heavy atom. The summed E-state index contributed by atoms with van der Waals surface area (Å²) in [6, 6.07) is 0. The smallest absolute Gasteiger partial charge is 0.343 e. The molecule has 1 rings (SSSR count). The van der Waals surface area contributed by atoms with Crippen LogP contribution in [0.4, 0.5) is 5.82 Å². The molecule has 0 aliphatic heterocycles. The molecular weight excluding hydrogens is 200 g/mol. The van der Waals surface area contributed by atoms with Crippen LogP contribution in [-0.4, -0.2) is 28.3 Å². The number of ether oxygens (including phenoxy) is 1. The summed E-state index contributed by atoms with van der Waals surface area (Å²) in [4.78, 5) is 21.9. The van der Waals surface area contributed by atoms with Crippen LogP contribution in [-0.2, 0) is 16.1 Å². The highest BCUT2D eigenvalue weighted by Crippen LogP contribution is 2.11. The van der Waals surface area contributed by atoms with Gasteiger partial charge in [-0.15, -0.1) is 0 Å². The van der Waals surface area contributed by atoms with E-state index in [1.807, 2.05) is 0 Å². The van der Waals surface area contributed by atoms with Gasteiger partial charge in [-0.1, -0.05) is 0 Å². The first kappa shape index (κ1) is 11.0. The topological polar surface area (TPSA) is 113 Å². The third-order valence-corrected chi connectivity index (χ3v) is 1.68. The zero-order valence-electron chi connectivity index (χ0n) is 8.27. The van der Waals surface area contributed by atoms with Gasteiger partial charge in [-0.2, -0.15) is 5.10 Å². The summed E-state index contributed by atoms with van der Waals surface area (Å²) < 4.78 is 5.89. The lowest BCUT2D eigenvalue weighted by Gasteiger charge is -2.02. The molecule has 0 spiro atoms. The third-order valence-electron chi connectivity index (χ3n) is 1.68. The molecule has 0 unspecified atom stereocenters. The lowest BCUT2D eigenvalue weighted by atomic mass is 10.3. The number of hydrogen-bond acceptors (Lipinski definition) is 5. The van der Waals surface area contributed by atoms with Gasteiger partial charge in [-0.25, -0.2) is 9.48 Å². The molecule has 0 aromatic carbocycles. The molecule has 1 aromatic heterocycles. The summed E-state index contributed by atoms with van der Waals surface area (Å²) in [5.41, 5.74) is 10.7. The Bertz CT molecular complexity index is 385. The largest absolute Gasteiger partial charge is 0.462 e. The summed E-state index contributed by atoms with van der Waals surface area (Å²) in [6.45, 7) is 1.77. The highest BCUT2D eigenvalue weighted by Gasteiger charge is 2.16. The van der Waals surface area contributed by atoms with Crippen molar-refractivity contribution in [2.75, 3.05) is 12.3 Å². The molecule has 82 valence electrons. The molecule has 0 atom stereocenters. The average Bonchev–Trinajstić information content (AvgIpc) is 2.48. The van der Waals surface area contributed by atoms with Crippen LogP contribution in [0.25, 0.3) is 0 Å². The number of anilines is 1. The van der Waals surface area contributed by atoms with Gasteiger partial charge in [0.15, 0.2) is 0 Å². The van der Waals surface area contributed by atoms with E-state index in [4.69, 9.17) is 16.2 Å². The Kier molecular flexibility index (Phi) is 3.27. The van der Waals surface area contributed by atoms with Crippen molar-refractivity contribution in [1.82, 2.24) is 9.78 Å². The van der Waals surface area contributed by atoms with E-state index < -0.39 is 11.9 Å².